The van der Waals surface area contributed by atoms with Gasteiger partial charge in [0.25, 0.3) is 0 Å². The van der Waals surface area contributed by atoms with Crippen molar-refractivity contribution < 1.29 is 14.6 Å². The average Bonchev–Trinajstić information content (AvgIpc) is 2.30. The van der Waals surface area contributed by atoms with Gasteiger partial charge in [0, 0.05) is 5.39 Å². The van der Waals surface area contributed by atoms with Gasteiger partial charge in [0.2, 0.25) is 0 Å². The maximum Gasteiger partial charge on any atom is 0.404 e. The lowest BCUT2D eigenvalue weighted by Crippen LogP contribution is -2.11. The Morgan fingerprint density at radius 3 is 2.41 bits per heavy atom. The van der Waals surface area contributed by atoms with Crippen molar-refractivity contribution in [2.75, 3.05) is 6.61 Å². The van der Waals surface area contributed by atoms with Gasteiger partial charge in [-0.15, -0.1) is 0 Å². The summed E-state index contributed by atoms with van der Waals surface area (Å²) in [5, 5.41) is 11.4. The molecule has 0 radical (unpaired) electrons. The number of primary amides is 1. The van der Waals surface area contributed by atoms with Crippen molar-refractivity contribution in [2.45, 2.75) is 6.92 Å². The lowest BCUT2D eigenvalue weighted by Gasteiger charge is -1.97. The van der Waals surface area contributed by atoms with Crippen LogP contribution in [0.25, 0.3) is 10.8 Å². The molecule has 0 bridgehead atoms. The zero-order valence-electron chi connectivity index (χ0n) is 9.59. The van der Waals surface area contributed by atoms with E-state index in [-0.39, 0.29) is 0 Å². The fraction of sp³-hybridized carbons (Fsp3) is 0.154. The summed E-state index contributed by atoms with van der Waals surface area (Å²) in [6.45, 7) is 2.06. The van der Waals surface area contributed by atoms with E-state index in [0.717, 1.165) is 10.8 Å². The number of hydrogen-bond donors (Lipinski definition) is 2. The zero-order chi connectivity index (χ0) is 12.7. The summed E-state index contributed by atoms with van der Waals surface area (Å²) in [5.74, 6) is 0.350. The van der Waals surface area contributed by atoms with E-state index in [1.54, 1.807) is 13.0 Å². The summed E-state index contributed by atoms with van der Waals surface area (Å²) in [4.78, 5) is 9.60. The van der Waals surface area contributed by atoms with E-state index in [1.165, 1.54) is 0 Å². The van der Waals surface area contributed by atoms with Crippen molar-refractivity contribution in [2.24, 2.45) is 5.73 Å². The molecule has 0 spiro atoms. The fourth-order valence-corrected chi connectivity index (χ4v) is 1.35. The second kappa shape index (κ2) is 6.37. The first-order chi connectivity index (χ1) is 8.15. The number of carbonyl (C=O) groups is 1. The molecule has 2 aromatic rings. The van der Waals surface area contributed by atoms with Crippen molar-refractivity contribution in [3.63, 3.8) is 0 Å². The van der Waals surface area contributed by atoms with Gasteiger partial charge in [-0.3, -0.25) is 0 Å². The Labute approximate surface area is 99.6 Å². The van der Waals surface area contributed by atoms with Crippen molar-refractivity contribution in [3.05, 3.63) is 42.5 Å². The Balaban J connectivity index is 0.000000209. The van der Waals surface area contributed by atoms with Crippen LogP contribution < -0.4 is 5.73 Å². The second-order valence-corrected chi connectivity index (χ2v) is 3.25. The van der Waals surface area contributed by atoms with E-state index in [1.807, 2.05) is 36.4 Å². The maximum absolute atomic E-state index is 9.60. The predicted octanol–water partition coefficient (Wildman–Crippen LogP) is 2.65. The Morgan fingerprint density at radius 2 is 1.88 bits per heavy atom. The van der Waals surface area contributed by atoms with Gasteiger partial charge in [0.05, 0.1) is 6.61 Å². The first-order valence-electron chi connectivity index (χ1n) is 5.24. The number of carbonyl (C=O) groups excluding carboxylic acids is 1. The van der Waals surface area contributed by atoms with E-state index in [9.17, 15) is 9.90 Å². The second-order valence-electron chi connectivity index (χ2n) is 3.25. The van der Waals surface area contributed by atoms with E-state index in [2.05, 4.69) is 10.5 Å². The molecule has 3 N–H and O–H groups in total. The summed E-state index contributed by atoms with van der Waals surface area (Å²) < 4.78 is 4.18. The molecule has 0 atom stereocenters. The van der Waals surface area contributed by atoms with Gasteiger partial charge in [-0.25, -0.2) is 4.79 Å². The van der Waals surface area contributed by atoms with Crippen LogP contribution >= 0.6 is 0 Å². The van der Waals surface area contributed by atoms with Crippen LogP contribution in [-0.2, 0) is 4.74 Å². The molecule has 0 heterocycles. The molecule has 90 valence electrons. The van der Waals surface area contributed by atoms with Crippen LogP contribution in [0.1, 0.15) is 6.92 Å². The maximum atomic E-state index is 9.60. The molecule has 0 aliphatic carbocycles. The molecule has 2 aromatic carbocycles. The first-order valence-corrected chi connectivity index (χ1v) is 5.24. The number of amides is 1. The highest BCUT2D eigenvalue weighted by Gasteiger charge is 1.94. The van der Waals surface area contributed by atoms with E-state index in [0.29, 0.717) is 12.4 Å². The van der Waals surface area contributed by atoms with Crippen LogP contribution in [0.3, 0.4) is 0 Å². The summed E-state index contributed by atoms with van der Waals surface area (Å²) in [6.07, 6.45) is -0.711. The number of phenolic OH excluding ortho intramolecular Hbond substituents is 1. The van der Waals surface area contributed by atoms with Gasteiger partial charge in [0.15, 0.2) is 0 Å². The lowest BCUT2D eigenvalue weighted by atomic mass is 10.1. The topological polar surface area (TPSA) is 72.5 Å². The Hall–Kier alpha value is -2.23. The highest BCUT2D eigenvalue weighted by Crippen LogP contribution is 2.22. The predicted molar refractivity (Wildman–Crippen MR) is 66.8 cm³/mol. The molecule has 0 aromatic heterocycles. The van der Waals surface area contributed by atoms with Gasteiger partial charge in [-0.05, 0) is 18.4 Å². The lowest BCUT2D eigenvalue weighted by molar-refractivity contribution is 0.163. The average molecular weight is 233 g/mol. The number of fused-ring (bicyclic) bond motifs is 1. The van der Waals surface area contributed by atoms with Gasteiger partial charge >= 0.3 is 6.09 Å². The minimum absolute atomic E-state index is 0.350. The van der Waals surface area contributed by atoms with E-state index >= 15 is 0 Å². The molecule has 4 heteroatoms. The first kappa shape index (κ1) is 12.8. The highest BCUT2D eigenvalue weighted by molar-refractivity contribution is 5.87. The van der Waals surface area contributed by atoms with Gasteiger partial charge in [-0.1, -0.05) is 36.4 Å². The minimum atomic E-state index is -0.711. The molecule has 17 heavy (non-hydrogen) atoms. The number of aromatic hydroxyl groups is 1. The van der Waals surface area contributed by atoms with Crippen LogP contribution in [-0.4, -0.2) is 17.8 Å². The van der Waals surface area contributed by atoms with Crippen LogP contribution in [0, 0.1) is 0 Å². The van der Waals surface area contributed by atoms with Crippen LogP contribution in [0.15, 0.2) is 42.5 Å². The Morgan fingerprint density at radius 1 is 1.24 bits per heavy atom. The quantitative estimate of drug-likeness (QED) is 0.795. The van der Waals surface area contributed by atoms with Gasteiger partial charge in [0.1, 0.15) is 5.75 Å². The SMILES string of the molecule is CCOC(N)=O.Oc1cccc2ccccc12. The standard InChI is InChI=1S/C10H8O.C3H7NO2/c11-10-7-3-5-8-4-1-2-6-9(8)10;1-2-6-3(4)5/h1-7,11H;2H2,1H3,(H2,4,5). The molecule has 0 saturated carbocycles. The third kappa shape index (κ3) is 4.03. The highest BCUT2D eigenvalue weighted by atomic mass is 16.5. The smallest absolute Gasteiger partial charge is 0.404 e. The zero-order valence-corrected chi connectivity index (χ0v) is 9.59. The fourth-order valence-electron chi connectivity index (χ4n) is 1.35. The summed E-state index contributed by atoms with van der Waals surface area (Å²) in [6, 6.07) is 13.3. The number of phenols is 1. The number of nitrogens with two attached hydrogens (primary N) is 1. The third-order valence-electron chi connectivity index (χ3n) is 2.05. The van der Waals surface area contributed by atoms with E-state index < -0.39 is 6.09 Å². The molecule has 0 unspecified atom stereocenters. The number of ether oxygens (including phenoxy) is 1. The van der Waals surface area contributed by atoms with Crippen LogP contribution in [0.4, 0.5) is 4.79 Å². The monoisotopic (exact) mass is 233 g/mol. The summed E-state index contributed by atoms with van der Waals surface area (Å²) >= 11 is 0. The normalized spacial score (nSPS) is 9.24. The largest absolute Gasteiger partial charge is 0.507 e. The van der Waals surface area contributed by atoms with Crippen LogP contribution in [0.5, 0.6) is 5.75 Å². The molecular formula is C13H15NO3. The summed E-state index contributed by atoms with van der Waals surface area (Å²) in [5.41, 5.74) is 4.54. The Kier molecular flexibility index (Phi) is 4.81. The molecule has 0 aliphatic rings. The minimum Gasteiger partial charge on any atom is -0.507 e. The Bertz CT molecular complexity index is 491. The van der Waals surface area contributed by atoms with Gasteiger partial charge in [-0.2, -0.15) is 0 Å². The molecule has 0 fully saturated rings. The summed E-state index contributed by atoms with van der Waals surface area (Å²) in [7, 11) is 0. The van der Waals surface area contributed by atoms with E-state index in [4.69, 9.17) is 0 Å². The van der Waals surface area contributed by atoms with Crippen molar-refractivity contribution in [1.29, 1.82) is 0 Å². The van der Waals surface area contributed by atoms with Crippen molar-refractivity contribution in [1.82, 2.24) is 0 Å². The van der Waals surface area contributed by atoms with Crippen molar-refractivity contribution >= 4 is 16.9 Å². The molecular weight excluding hydrogens is 218 g/mol. The number of rotatable bonds is 1. The van der Waals surface area contributed by atoms with Crippen molar-refractivity contribution in [3.8, 4) is 5.75 Å². The number of hydrogen-bond acceptors (Lipinski definition) is 3. The van der Waals surface area contributed by atoms with Gasteiger partial charge < -0.3 is 15.6 Å². The molecule has 4 nitrogen and oxygen atoms in total. The molecule has 2 rings (SSSR count). The number of benzene rings is 2. The molecule has 1 amide bonds. The van der Waals surface area contributed by atoms with Crippen LogP contribution in [0.2, 0.25) is 0 Å². The molecule has 0 saturated heterocycles. The molecule has 0 aliphatic heterocycles. The third-order valence-corrected chi connectivity index (χ3v) is 2.05.